The molecular formula is C12H22B2N2O4. The Hall–Kier alpha value is -0.110. The van der Waals surface area contributed by atoms with E-state index in [1.807, 2.05) is 7.05 Å². The number of ether oxygens (including phenoxy) is 2. The smallest absolute Gasteiger partial charge is 0.109 e. The number of nitrogens with zero attached hydrogens (tertiary/aromatic N) is 1. The van der Waals surface area contributed by atoms with E-state index < -0.39 is 0 Å². The number of nitrogens with two attached hydrogens (primary N) is 1. The molecule has 0 amide bonds. The minimum atomic E-state index is -0.310. The van der Waals surface area contributed by atoms with Gasteiger partial charge in [-0.2, -0.15) is 5.06 Å². The van der Waals surface area contributed by atoms with E-state index in [0.29, 0.717) is 26.0 Å². The summed E-state index contributed by atoms with van der Waals surface area (Å²) >= 11 is 0. The molecule has 110 valence electrons. The molecule has 2 fully saturated rings. The Balaban J connectivity index is 1.71. The molecule has 2 aliphatic rings. The molecule has 0 aromatic carbocycles. The highest BCUT2D eigenvalue weighted by Crippen LogP contribution is 2.25. The fraction of sp³-hybridized carbons (Fsp3) is 1.00. The van der Waals surface area contributed by atoms with Crippen molar-refractivity contribution in [3.63, 3.8) is 0 Å². The lowest BCUT2D eigenvalue weighted by atomic mass is 9.91. The second kappa shape index (κ2) is 7.24. The molecule has 0 saturated carbocycles. The second-order valence-electron chi connectivity index (χ2n) is 5.61. The Labute approximate surface area is 122 Å². The van der Waals surface area contributed by atoms with Gasteiger partial charge in [-0.1, -0.05) is 0 Å². The fourth-order valence-corrected chi connectivity index (χ4v) is 2.77. The monoisotopic (exact) mass is 280 g/mol. The van der Waals surface area contributed by atoms with Crippen LogP contribution in [0.3, 0.4) is 0 Å². The summed E-state index contributed by atoms with van der Waals surface area (Å²) in [5.41, 5.74) is 5.91. The molecule has 2 unspecified atom stereocenters. The Morgan fingerprint density at radius 2 is 1.90 bits per heavy atom. The van der Waals surface area contributed by atoms with Gasteiger partial charge in [0.1, 0.15) is 15.7 Å². The van der Waals surface area contributed by atoms with Gasteiger partial charge in [0.05, 0.1) is 25.4 Å². The maximum absolute atomic E-state index is 9.24. The van der Waals surface area contributed by atoms with Crippen LogP contribution >= 0.6 is 0 Å². The van der Waals surface area contributed by atoms with E-state index in [-0.39, 0.29) is 42.8 Å². The van der Waals surface area contributed by atoms with E-state index >= 15 is 0 Å². The third-order valence-corrected chi connectivity index (χ3v) is 3.87. The molecular weight excluding hydrogens is 258 g/mol. The summed E-state index contributed by atoms with van der Waals surface area (Å²) in [7, 11) is 13.2. The molecule has 6 nitrogen and oxygen atoms in total. The Morgan fingerprint density at radius 1 is 1.25 bits per heavy atom. The van der Waals surface area contributed by atoms with E-state index in [9.17, 15) is 5.11 Å². The first kappa shape index (κ1) is 16.3. The van der Waals surface area contributed by atoms with E-state index in [1.165, 1.54) is 0 Å². The predicted molar refractivity (Wildman–Crippen MR) is 75.2 cm³/mol. The molecule has 2 rings (SSSR count). The maximum Gasteiger partial charge on any atom is 0.109 e. The predicted octanol–water partition coefficient (Wildman–Crippen LogP) is -1.65. The highest BCUT2D eigenvalue weighted by atomic mass is 16.7. The maximum atomic E-state index is 9.24. The molecule has 20 heavy (non-hydrogen) atoms. The third-order valence-electron chi connectivity index (χ3n) is 3.87. The SMILES string of the molecule is [B][C@@H]1CC(CN(C)OC[C@H]2O[C@@H]([B])CC2N)[C@H](CO)O1. The molecule has 0 aliphatic carbocycles. The quantitative estimate of drug-likeness (QED) is 0.448. The number of hydrogen-bond donors (Lipinski definition) is 2. The van der Waals surface area contributed by atoms with Crippen molar-refractivity contribution in [1.82, 2.24) is 5.06 Å². The highest BCUT2D eigenvalue weighted by Gasteiger charge is 2.34. The van der Waals surface area contributed by atoms with Gasteiger partial charge in [-0.3, -0.25) is 4.84 Å². The highest BCUT2D eigenvalue weighted by molar-refractivity contribution is 6.11. The number of hydroxylamine groups is 2. The molecule has 6 atom stereocenters. The van der Waals surface area contributed by atoms with Crippen molar-refractivity contribution in [2.24, 2.45) is 11.7 Å². The molecule has 0 spiro atoms. The van der Waals surface area contributed by atoms with Crippen molar-refractivity contribution in [2.45, 2.75) is 43.1 Å². The lowest BCUT2D eigenvalue weighted by Gasteiger charge is -2.25. The van der Waals surface area contributed by atoms with Gasteiger partial charge in [0.15, 0.2) is 0 Å². The summed E-state index contributed by atoms with van der Waals surface area (Å²) in [6.07, 6.45) is 0.955. The lowest BCUT2D eigenvalue weighted by Crippen LogP contribution is -2.38. The van der Waals surface area contributed by atoms with Crippen molar-refractivity contribution in [1.29, 1.82) is 0 Å². The Kier molecular flexibility index (Phi) is 5.89. The van der Waals surface area contributed by atoms with Crippen LogP contribution in [-0.4, -0.2) is 82.9 Å². The summed E-state index contributed by atoms with van der Waals surface area (Å²) in [4.78, 5) is 5.63. The van der Waals surface area contributed by atoms with Crippen molar-refractivity contribution < 1.29 is 19.4 Å². The van der Waals surface area contributed by atoms with Crippen LogP contribution in [-0.2, 0) is 14.3 Å². The van der Waals surface area contributed by atoms with Crippen LogP contribution in [0.5, 0.6) is 0 Å². The average Bonchev–Trinajstić information content (AvgIpc) is 2.89. The summed E-state index contributed by atoms with van der Waals surface area (Å²) in [6.45, 7) is 0.972. The first-order valence-corrected chi connectivity index (χ1v) is 7.02. The molecule has 0 aromatic rings. The second-order valence-corrected chi connectivity index (χ2v) is 5.61. The Bertz CT molecular complexity index is 313. The van der Waals surface area contributed by atoms with Gasteiger partial charge in [-0.05, 0) is 12.8 Å². The zero-order chi connectivity index (χ0) is 14.7. The molecule has 3 N–H and O–H groups in total. The van der Waals surface area contributed by atoms with Crippen LogP contribution in [0.2, 0.25) is 0 Å². The van der Waals surface area contributed by atoms with Crippen LogP contribution in [0, 0.1) is 5.92 Å². The van der Waals surface area contributed by atoms with Gasteiger partial charge in [-0.15, -0.1) is 0 Å². The van der Waals surface area contributed by atoms with Gasteiger partial charge in [-0.25, -0.2) is 0 Å². The average molecular weight is 280 g/mol. The normalized spacial score (nSPS) is 41.6. The van der Waals surface area contributed by atoms with E-state index in [4.69, 9.17) is 35.7 Å². The molecule has 8 heteroatoms. The summed E-state index contributed by atoms with van der Waals surface area (Å²) in [6, 6.07) is -0.703. The minimum Gasteiger partial charge on any atom is -0.394 e. The molecule has 0 aromatic heterocycles. The van der Waals surface area contributed by atoms with Crippen molar-refractivity contribution in [3.8, 4) is 0 Å². The summed E-state index contributed by atoms with van der Waals surface area (Å²) in [5.74, 6) is 0.153. The standard InChI is InChI=1S/C12H22B2N2O4/c1-16(4-7-2-11(13)19-9(7)5-17)18-6-10-8(15)3-12(14)20-10/h7-12,17H,2-6,15H2,1H3/t7?,8?,9-,10+,11-,12+/m0/s1. The number of rotatable bonds is 6. The van der Waals surface area contributed by atoms with Crippen LogP contribution < -0.4 is 5.73 Å². The molecule has 4 radical (unpaired) electrons. The number of aliphatic hydroxyl groups is 1. The summed E-state index contributed by atoms with van der Waals surface area (Å²) in [5, 5.41) is 11.0. The zero-order valence-corrected chi connectivity index (χ0v) is 11.9. The first-order valence-electron chi connectivity index (χ1n) is 7.02. The summed E-state index contributed by atoms with van der Waals surface area (Å²) < 4.78 is 10.9. The van der Waals surface area contributed by atoms with Gasteiger partial charge >= 0.3 is 0 Å². The minimum absolute atomic E-state index is 0.0301. The van der Waals surface area contributed by atoms with E-state index in [1.54, 1.807) is 5.06 Å². The first-order chi connectivity index (χ1) is 9.49. The fourth-order valence-electron chi connectivity index (χ4n) is 2.77. The van der Waals surface area contributed by atoms with E-state index in [0.717, 1.165) is 0 Å². The lowest BCUT2D eigenvalue weighted by molar-refractivity contribution is -0.174. The van der Waals surface area contributed by atoms with Crippen LogP contribution in [0.25, 0.3) is 0 Å². The van der Waals surface area contributed by atoms with Crippen LogP contribution in [0.1, 0.15) is 12.8 Å². The topological polar surface area (TPSA) is 77.2 Å². The number of hydrogen-bond acceptors (Lipinski definition) is 6. The van der Waals surface area contributed by atoms with Gasteiger partial charge < -0.3 is 20.3 Å². The van der Waals surface area contributed by atoms with Crippen molar-refractivity contribution in [2.75, 3.05) is 26.8 Å². The zero-order valence-electron chi connectivity index (χ0n) is 11.9. The molecule has 0 bridgehead atoms. The Morgan fingerprint density at radius 3 is 2.50 bits per heavy atom. The molecule has 2 heterocycles. The van der Waals surface area contributed by atoms with E-state index in [2.05, 4.69) is 0 Å². The van der Waals surface area contributed by atoms with Gasteiger partial charge in [0.2, 0.25) is 0 Å². The van der Waals surface area contributed by atoms with Crippen LogP contribution in [0.4, 0.5) is 0 Å². The van der Waals surface area contributed by atoms with Crippen molar-refractivity contribution >= 4 is 15.7 Å². The van der Waals surface area contributed by atoms with Crippen molar-refractivity contribution in [3.05, 3.63) is 0 Å². The molecule has 2 saturated heterocycles. The van der Waals surface area contributed by atoms with Gasteiger partial charge in [0, 0.05) is 37.6 Å². The number of aliphatic hydroxyl groups excluding tert-OH is 1. The van der Waals surface area contributed by atoms with Crippen LogP contribution in [0.15, 0.2) is 0 Å². The largest absolute Gasteiger partial charge is 0.394 e. The van der Waals surface area contributed by atoms with Gasteiger partial charge in [0.25, 0.3) is 0 Å². The molecule has 2 aliphatic heterocycles. The third kappa shape index (κ3) is 4.19.